The molecule has 0 nitrogen and oxygen atoms in total. The summed E-state index contributed by atoms with van der Waals surface area (Å²) < 4.78 is 1.18. The Kier molecular flexibility index (Phi) is 3.93. The number of halogens is 2. The number of fused-ring (bicyclic) bond motifs is 2. The molecule has 0 radical (unpaired) electrons. The van der Waals surface area contributed by atoms with Gasteiger partial charge in [0.1, 0.15) is 0 Å². The minimum absolute atomic E-state index is 0.259. The van der Waals surface area contributed by atoms with Gasteiger partial charge in [-0.2, -0.15) is 0 Å². The summed E-state index contributed by atoms with van der Waals surface area (Å²) in [6, 6.07) is 17.0. The summed E-state index contributed by atoms with van der Waals surface area (Å²) in [7, 11) is 14.0. The molecular formula is C19H16Cl2Zr. The van der Waals surface area contributed by atoms with Crippen molar-refractivity contribution in [2.45, 2.75) is 13.7 Å². The molecule has 2 unspecified atom stereocenters. The summed E-state index contributed by atoms with van der Waals surface area (Å²) in [5.41, 5.74) is 5.28. The van der Waals surface area contributed by atoms with Gasteiger partial charge in [-0.05, 0) is 0 Å². The van der Waals surface area contributed by atoms with Crippen LogP contribution in [0.25, 0.3) is 12.2 Å². The van der Waals surface area contributed by atoms with Crippen molar-refractivity contribution in [3.63, 3.8) is 0 Å². The van der Waals surface area contributed by atoms with Crippen molar-refractivity contribution in [3.05, 3.63) is 82.9 Å². The SMILES string of the molecule is [Cl][Zr]([Cl])([CH2]C1C=Cc2ccccc21)[CH]1C=Cc2ccccc21. The first-order valence-corrected chi connectivity index (χ1v) is 17.1. The maximum absolute atomic E-state index is 7.01. The van der Waals surface area contributed by atoms with E-state index in [0.29, 0.717) is 5.92 Å². The van der Waals surface area contributed by atoms with Gasteiger partial charge < -0.3 is 0 Å². The van der Waals surface area contributed by atoms with Crippen LogP contribution < -0.4 is 0 Å². The van der Waals surface area contributed by atoms with Crippen molar-refractivity contribution >= 4 is 29.2 Å². The van der Waals surface area contributed by atoms with Gasteiger partial charge in [-0.15, -0.1) is 0 Å². The number of hydrogen-bond acceptors (Lipinski definition) is 0. The van der Waals surface area contributed by atoms with Crippen molar-refractivity contribution in [2.24, 2.45) is 0 Å². The summed E-state index contributed by atoms with van der Waals surface area (Å²) in [6.07, 6.45) is 8.88. The van der Waals surface area contributed by atoms with E-state index in [2.05, 4.69) is 72.8 Å². The van der Waals surface area contributed by atoms with E-state index in [0.717, 1.165) is 4.13 Å². The molecule has 2 aromatic rings. The molecule has 0 aromatic heterocycles. The van der Waals surface area contributed by atoms with E-state index in [9.17, 15) is 0 Å². The van der Waals surface area contributed by atoms with Crippen molar-refractivity contribution in [2.75, 3.05) is 0 Å². The Balaban J connectivity index is 1.61. The molecule has 0 aliphatic heterocycles. The fourth-order valence-corrected chi connectivity index (χ4v) is 13.4. The average Bonchev–Trinajstić information content (AvgIpc) is 3.12. The van der Waals surface area contributed by atoms with E-state index in [1.165, 1.54) is 22.3 Å². The quantitative estimate of drug-likeness (QED) is 0.550. The number of rotatable bonds is 3. The molecule has 2 aliphatic rings. The first-order valence-electron chi connectivity index (χ1n) is 7.57. The third-order valence-electron chi connectivity index (χ3n) is 4.65. The second-order valence-electron chi connectivity index (χ2n) is 6.03. The molecule has 0 saturated carbocycles. The predicted octanol–water partition coefficient (Wildman–Crippen LogP) is 6.44. The van der Waals surface area contributed by atoms with Crippen LogP contribution in [0.5, 0.6) is 0 Å². The summed E-state index contributed by atoms with van der Waals surface area (Å²) in [4.78, 5) is 0. The fourth-order valence-electron chi connectivity index (χ4n) is 3.54. The zero-order valence-electron chi connectivity index (χ0n) is 12.0. The van der Waals surface area contributed by atoms with Gasteiger partial charge in [0.25, 0.3) is 0 Å². The molecule has 2 atom stereocenters. The Bertz CT molecular complexity index is 777. The van der Waals surface area contributed by atoms with Gasteiger partial charge in [-0.25, -0.2) is 0 Å². The summed E-state index contributed by atoms with van der Waals surface area (Å²) in [5, 5.41) is 0. The first-order chi connectivity index (χ1) is 10.6. The standard InChI is InChI=1S/C10H9.C9H7.2ClH.Zr/c1-8-6-7-9-4-2-3-5-10(8)9;1-2-5-9-7-3-6-8(9)4-1;;;/h2-8H,1H2;1-7H;2*1H;/q;;;;+2/p-2. The molecule has 110 valence electrons. The fraction of sp³-hybridized carbons (Fsp3) is 0.158. The Morgan fingerprint density at radius 3 is 2.14 bits per heavy atom. The van der Waals surface area contributed by atoms with Gasteiger partial charge in [0.15, 0.2) is 0 Å². The summed E-state index contributed by atoms with van der Waals surface area (Å²) in [6.45, 7) is 0. The normalized spacial score (nSPS) is 21.9. The maximum atomic E-state index is 7.01. The van der Waals surface area contributed by atoms with Crippen LogP contribution in [0.15, 0.2) is 60.7 Å². The van der Waals surface area contributed by atoms with E-state index in [4.69, 9.17) is 17.0 Å². The van der Waals surface area contributed by atoms with Crippen LogP contribution in [0.4, 0.5) is 0 Å². The van der Waals surface area contributed by atoms with Crippen LogP contribution in [0.2, 0.25) is 4.13 Å². The molecule has 4 rings (SSSR count). The Morgan fingerprint density at radius 2 is 1.36 bits per heavy atom. The molecule has 0 fully saturated rings. The van der Waals surface area contributed by atoms with Gasteiger partial charge in [0.05, 0.1) is 0 Å². The monoisotopic (exact) mass is 404 g/mol. The molecule has 2 aliphatic carbocycles. The molecule has 0 spiro atoms. The summed E-state index contributed by atoms with van der Waals surface area (Å²) >= 11 is -3.29. The van der Waals surface area contributed by atoms with Gasteiger partial charge >= 0.3 is 144 Å². The van der Waals surface area contributed by atoms with Crippen molar-refractivity contribution in [1.29, 1.82) is 0 Å². The Labute approximate surface area is 143 Å². The molecule has 22 heavy (non-hydrogen) atoms. The second-order valence-corrected chi connectivity index (χ2v) is 21.4. The van der Waals surface area contributed by atoms with Crippen LogP contribution in [0.3, 0.4) is 0 Å². The van der Waals surface area contributed by atoms with Crippen LogP contribution in [-0.2, 0) is 17.9 Å². The zero-order chi connectivity index (χ0) is 15.2. The topological polar surface area (TPSA) is 0 Å². The van der Waals surface area contributed by atoms with Crippen molar-refractivity contribution < 1.29 is 17.9 Å². The van der Waals surface area contributed by atoms with Crippen LogP contribution in [-0.4, -0.2) is 0 Å². The van der Waals surface area contributed by atoms with Gasteiger partial charge in [-0.3, -0.25) is 0 Å². The van der Waals surface area contributed by atoms with E-state index in [1.807, 2.05) is 0 Å². The molecule has 0 saturated heterocycles. The Hall–Kier alpha value is -0.617. The van der Waals surface area contributed by atoms with E-state index in [1.54, 1.807) is 0 Å². The van der Waals surface area contributed by atoms with Gasteiger partial charge in [0, 0.05) is 0 Å². The van der Waals surface area contributed by atoms with Crippen LogP contribution in [0, 0.1) is 0 Å². The minimum atomic E-state index is -3.29. The average molecular weight is 406 g/mol. The molecule has 3 heteroatoms. The van der Waals surface area contributed by atoms with Crippen LogP contribution >= 0.6 is 17.0 Å². The predicted molar refractivity (Wildman–Crippen MR) is 92.9 cm³/mol. The number of benzene rings is 2. The zero-order valence-corrected chi connectivity index (χ0v) is 16.0. The molecular weight excluding hydrogens is 390 g/mol. The second kappa shape index (κ2) is 5.79. The Morgan fingerprint density at radius 1 is 0.773 bits per heavy atom. The van der Waals surface area contributed by atoms with E-state index < -0.39 is 17.9 Å². The van der Waals surface area contributed by atoms with Crippen molar-refractivity contribution in [1.82, 2.24) is 0 Å². The van der Waals surface area contributed by atoms with Crippen molar-refractivity contribution in [3.8, 4) is 0 Å². The molecule has 0 N–H and O–H groups in total. The first kappa shape index (κ1) is 14.9. The molecule has 0 bridgehead atoms. The molecule has 2 aromatic carbocycles. The third-order valence-corrected chi connectivity index (χ3v) is 15.2. The van der Waals surface area contributed by atoms with Crippen LogP contribution in [0.1, 0.15) is 31.8 Å². The molecule has 0 heterocycles. The number of allylic oxidation sites excluding steroid dienone is 2. The van der Waals surface area contributed by atoms with Gasteiger partial charge in [-0.1, -0.05) is 0 Å². The third kappa shape index (κ3) is 2.58. The number of hydrogen-bond donors (Lipinski definition) is 0. The summed E-state index contributed by atoms with van der Waals surface area (Å²) in [5.74, 6) is 0.378. The van der Waals surface area contributed by atoms with E-state index >= 15 is 0 Å². The van der Waals surface area contributed by atoms with Gasteiger partial charge in [0.2, 0.25) is 0 Å². The molecule has 0 amide bonds. The van der Waals surface area contributed by atoms with E-state index in [-0.39, 0.29) is 3.63 Å².